The van der Waals surface area contributed by atoms with Gasteiger partial charge in [-0.1, -0.05) is 157 Å². The molecule has 0 fully saturated rings. The molecule has 0 nitrogen and oxygen atoms in total. The van der Waals surface area contributed by atoms with Crippen LogP contribution in [-0.4, -0.2) is 0 Å². The van der Waals surface area contributed by atoms with Gasteiger partial charge in [0.05, 0.1) is 5.41 Å². The topological polar surface area (TPSA) is 0 Å². The number of fused-ring (bicyclic) bond motifs is 14. The van der Waals surface area contributed by atoms with Crippen molar-refractivity contribution in [2.45, 2.75) is 15.2 Å². The normalized spacial score (nSPS) is 14.2. The van der Waals surface area contributed by atoms with E-state index in [1.54, 1.807) is 0 Å². The fraction of sp³-hybridized carbons (Fsp3) is 0.0222. The molecule has 46 heavy (non-hydrogen) atoms. The Labute approximate surface area is 272 Å². The average Bonchev–Trinajstić information content (AvgIpc) is 3.59. The summed E-state index contributed by atoms with van der Waals surface area (Å²) < 4.78 is 0. The summed E-state index contributed by atoms with van der Waals surface area (Å²) in [6.07, 6.45) is 0. The molecule has 8 aromatic rings. The molecular weight excluding hydrogens is 573 g/mol. The van der Waals surface area contributed by atoms with Gasteiger partial charge < -0.3 is 0 Å². The standard InChI is InChI=1S/C45H26S/c1-2-12-30-27(10-1)20-25-37-34-24-22-29(31-23-21-28-11-9-16-36-35-15-5-8-19-41(35)46-44(31)42(28)36)26-40(34)45(43(30)37)38-17-6-3-13-32(38)33-14-4-7-18-39(33)45/h1-26H. The van der Waals surface area contributed by atoms with Crippen LogP contribution in [0.2, 0.25) is 0 Å². The predicted octanol–water partition coefficient (Wildman–Crippen LogP) is 12.1. The lowest BCUT2D eigenvalue weighted by molar-refractivity contribution is 0.801. The lowest BCUT2D eigenvalue weighted by Gasteiger charge is -2.32. The first kappa shape index (κ1) is 24.9. The van der Waals surface area contributed by atoms with Gasteiger partial charge in [0.1, 0.15) is 0 Å². The van der Waals surface area contributed by atoms with Gasteiger partial charge in [-0.05, 0) is 95.1 Å². The molecule has 0 bridgehead atoms. The molecule has 0 N–H and O–H groups in total. The third-order valence-electron chi connectivity index (χ3n) is 10.7. The van der Waals surface area contributed by atoms with Crippen LogP contribution in [-0.2, 0) is 5.41 Å². The molecule has 1 aliphatic heterocycles. The highest BCUT2D eigenvalue weighted by molar-refractivity contribution is 8.00. The van der Waals surface area contributed by atoms with E-state index >= 15 is 0 Å². The first-order valence-corrected chi connectivity index (χ1v) is 16.8. The lowest BCUT2D eigenvalue weighted by Crippen LogP contribution is -2.26. The van der Waals surface area contributed by atoms with Crippen LogP contribution < -0.4 is 0 Å². The molecule has 0 aromatic heterocycles. The molecule has 0 radical (unpaired) electrons. The van der Waals surface area contributed by atoms with Gasteiger partial charge in [-0.25, -0.2) is 0 Å². The first-order valence-electron chi connectivity index (χ1n) is 16.0. The predicted molar refractivity (Wildman–Crippen MR) is 193 cm³/mol. The highest BCUT2D eigenvalue weighted by Crippen LogP contribution is 2.64. The van der Waals surface area contributed by atoms with Gasteiger partial charge in [-0.15, -0.1) is 0 Å². The van der Waals surface area contributed by atoms with Gasteiger partial charge in [-0.2, -0.15) is 0 Å². The maximum Gasteiger partial charge on any atom is 0.0731 e. The Morgan fingerprint density at radius 3 is 1.85 bits per heavy atom. The second kappa shape index (κ2) is 8.88. The zero-order chi connectivity index (χ0) is 30.0. The van der Waals surface area contributed by atoms with Crippen LogP contribution >= 0.6 is 11.8 Å². The van der Waals surface area contributed by atoms with Crippen molar-refractivity contribution >= 4 is 33.3 Å². The van der Waals surface area contributed by atoms with Gasteiger partial charge in [0.2, 0.25) is 0 Å². The smallest absolute Gasteiger partial charge is 0.0731 e. The molecule has 0 saturated heterocycles. The minimum atomic E-state index is -0.395. The van der Waals surface area contributed by atoms with Gasteiger partial charge >= 0.3 is 0 Å². The number of hydrogen-bond donors (Lipinski definition) is 0. The number of rotatable bonds is 1. The molecule has 0 atom stereocenters. The highest BCUT2D eigenvalue weighted by atomic mass is 32.2. The van der Waals surface area contributed by atoms with Crippen molar-refractivity contribution in [2.75, 3.05) is 0 Å². The SMILES string of the molecule is c1ccc2c(c1)Sc1c(-c3ccc4c(c3)C3(c5ccccc5-c5ccccc53)c3c-4ccc4ccccc34)ccc3cccc-2c13. The van der Waals surface area contributed by atoms with Crippen molar-refractivity contribution in [2.24, 2.45) is 0 Å². The van der Waals surface area contributed by atoms with Crippen molar-refractivity contribution in [3.05, 3.63) is 180 Å². The van der Waals surface area contributed by atoms with Gasteiger partial charge in [-0.3, -0.25) is 0 Å². The van der Waals surface area contributed by atoms with Gasteiger partial charge in [0.25, 0.3) is 0 Å². The third-order valence-corrected chi connectivity index (χ3v) is 11.9. The minimum absolute atomic E-state index is 0.395. The Kier molecular flexibility index (Phi) is 4.80. The number of benzene rings is 8. The highest BCUT2D eigenvalue weighted by Gasteiger charge is 2.52. The Balaban J connectivity index is 1.25. The van der Waals surface area contributed by atoms with Crippen LogP contribution in [0.15, 0.2) is 168 Å². The Morgan fingerprint density at radius 2 is 1.00 bits per heavy atom. The second-order valence-corrected chi connectivity index (χ2v) is 13.8. The molecule has 2 aliphatic carbocycles. The summed E-state index contributed by atoms with van der Waals surface area (Å²) in [5.41, 5.74) is 15.8. The van der Waals surface area contributed by atoms with E-state index in [0.29, 0.717) is 0 Å². The summed E-state index contributed by atoms with van der Waals surface area (Å²) in [5.74, 6) is 0. The van der Waals surface area contributed by atoms with Gasteiger partial charge in [0, 0.05) is 15.2 Å². The van der Waals surface area contributed by atoms with E-state index in [-0.39, 0.29) is 0 Å². The monoisotopic (exact) mass is 598 g/mol. The van der Waals surface area contributed by atoms with E-state index in [1.807, 2.05) is 11.8 Å². The van der Waals surface area contributed by atoms with E-state index in [2.05, 4.69) is 158 Å². The van der Waals surface area contributed by atoms with Crippen molar-refractivity contribution in [1.29, 1.82) is 0 Å². The molecule has 1 spiro atoms. The largest absolute Gasteiger partial charge is 0.0881 e. The van der Waals surface area contributed by atoms with E-state index in [0.717, 1.165) is 0 Å². The molecular formula is C45H26S. The van der Waals surface area contributed by atoms with Crippen LogP contribution in [0.25, 0.3) is 66.1 Å². The van der Waals surface area contributed by atoms with E-state index in [9.17, 15) is 0 Å². The molecule has 1 heteroatoms. The van der Waals surface area contributed by atoms with E-state index in [4.69, 9.17) is 0 Å². The van der Waals surface area contributed by atoms with Crippen molar-refractivity contribution in [1.82, 2.24) is 0 Å². The van der Waals surface area contributed by atoms with Crippen LogP contribution in [0, 0.1) is 0 Å². The Morgan fingerprint density at radius 1 is 0.391 bits per heavy atom. The maximum absolute atomic E-state index is 2.53. The molecule has 11 rings (SSSR count). The van der Waals surface area contributed by atoms with E-state index < -0.39 is 5.41 Å². The second-order valence-electron chi connectivity index (χ2n) is 12.8. The third kappa shape index (κ3) is 2.97. The van der Waals surface area contributed by atoms with Crippen molar-refractivity contribution in [3.8, 4) is 44.5 Å². The zero-order valence-electron chi connectivity index (χ0n) is 24.9. The van der Waals surface area contributed by atoms with Crippen LogP contribution in [0.1, 0.15) is 22.3 Å². The summed E-state index contributed by atoms with van der Waals surface area (Å²) in [5, 5.41) is 5.29. The quantitative estimate of drug-likeness (QED) is 0.181. The van der Waals surface area contributed by atoms with Crippen LogP contribution in [0.3, 0.4) is 0 Å². The average molecular weight is 599 g/mol. The maximum atomic E-state index is 2.53. The molecule has 0 unspecified atom stereocenters. The summed E-state index contributed by atoms with van der Waals surface area (Å²) in [4.78, 5) is 2.68. The summed E-state index contributed by atoms with van der Waals surface area (Å²) in [7, 11) is 0. The number of hydrogen-bond acceptors (Lipinski definition) is 1. The van der Waals surface area contributed by atoms with Crippen molar-refractivity contribution in [3.63, 3.8) is 0 Å². The molecule has 1 heterocycles. The minimum Gasteiger partial charge on any atom is -0.0881 e. The van der Waals surface area contributed by atoms with Crippen LogP contribution in [0.5, 0.6) is 0 Å². The van der Waals surface area contributed by atoms with Crippen LogP contribution in [0.4, 0.5) is 0 Å². The van der Waals surface area contributed by atoms with Gasteiger partial charge in [0.15, 0.2) is 0 Å². The Hall–Kier alpha value is -5.37. The Bertz CT molecular complexity index is 2580. The summed E-state index contributed by atoms with van der Waals surface area (Å²) in [6, 6.07) is 59.4. The van der Waals surface area contributed by atoms with E-state index in [1.165, 1.54) is 98.1 Å². The zero-order valence-corrected chi connectivity index (χ0v) is 25.7. The summed E-state index contributed by atoms with van der Waals surface area (Å²) in [6.45, 7) is 0. The molecule has 0 saturated carbocycles. The molecule has 8 aromatic carbocycles. The molecule has 212 valence electrons. The fourth-order valence-corrected chi connectivity index (χ4v) is 10.2. The summed E-state index contributed by atoms with van der Waals surface area (Å²) >= 11 is 1.92. The molecule has 3 aliphatic rings. The van der Waals surface area contributed by atoms with Crippen molar-refractivity contribution < 1.29 is 0 Å². The first-order chi connectivity index (χ1) is 22.8. The fourth-order valence-electron chi connectivity index (χ4n) is 8.88. The molecule has 0 amide bonds. The lowest BCUT2D eigenvalue weighted by atomic mass is 9.69.